The van der Waals surface area contributed by atoms with Crippen LogP contribution in [0.15, 0.2) is 24.3 Å². The first-order chi connectivity index (χ1) is 11.6. The monoisotopic (exact) mass is 331 g/mol. The van der Waals surface area contributed by atoms with Gasteiger partial charge in [-0.1, -0.05) is 31.0 Å². The molecule has 3 N–H and O–H groups in total. The van der Waals surface area contributed by atoms with Crippen LogP contribution in [0.1, 0.15) is 43.7 Å². The van der Waals surface area contributed by atoms with Crippen LogP contribution in [0, 0.1) is 0 Å². The van der Waals surface area contributed by atoms with E-state index in [2.05, 4.69) is 5.32 Å². The summed E-state index contributed by atoms with van der Waals surface area (Å²) in [5, 5.41) is 3.09. The molecule has 1 atom stereocenters. The number of nitrogens with two attached hydrogens (primary N) is 1. The van der Waals surface area contributed by atoms with E-state index in [0.29, 0.717) is 6.61 Å². The average Bonchev–Trinajstić information content (AvgIpc) is 3.08. The molecular weight excluding hydrogens is 306 g/mol. The molecule has 2 amide bonds. The van der Waals surface area contributed by atoms with E-state index >= 15 is 0 Å². The molecule has 0 aromatic heterocycles. The molecule has 1 aliphatic carbocycles. The topological polar surface area (TPSA) is 84.7 Å². The summed E-state index contributed by atoms with van der Waals surface area (Å²) in [5.74, 6) is 0.384. The van der Waals surface area contributed by atoms with Crippen LogP contribution >= 0.6 is 0 Å². The minimum absolute atomic E-state index is 0.0403. The second kappa shape index (κ2) is 7.66. The maximum atomic E-state index is 12.5. The van der Waals surface area contributed by atoms with E-state index in [-0.39, 0.29) is 37.0 Å². The number of amides is 2. The number of para-hydroxylation sites is 1. The van der Waals surface area contributed by atoms with E-state index in [1.165, 1.54) is 0 Å². The number of hydrogen-bond donors (Lipinski definition) is 2. The highest BCUT2D eigenvalue weighted by Crippen LogP contribution is 2.31. The first-order valence-corrected chi connectivity index (χ1v) is 8.67. The van der Waals surface area contributed by atoms with Gasteiger partial charge in [-0.15, -0.1) is 0 Å². The predicted octanol–water partition coefficient (Wildman–Crippen LogP) is 1.36. The molecule has 0 unspecified atom stereocenters. The fraction of sp³-hybridized carbons (Fsp3) is 0.556. The number of benzene rings is 1. The maximum Gasteiger partial charge on any atom is 0.234 e. The van der Waals surface area contributed by atoms with E-state index in [1.807, 2.05) is 29.2 Å². The SMILES string of the molecule is NC(=O)CN(CC(=O)N[C@H]1CCOc2ccccc21)C1CCCC1. The van der Waals surface area contributed by atoms with Gasteiger partial charge in [0.15, 0.2) is 0 Å². The van der Waals surface area contributed by atoms with Crippen LogP contribution in [0.2, 0.25) is 0 Å². The third kappa shape index (κ3) is 4.06. The lowest BCUT2D eigenvalue weighted by Gasteiger charge is -2.30. The summed E-state index contributed by atoms with van der Waals surface area (Å²) in [6.07, 6.45) is 5.10. The van der Waals surface area contributed by atoms with Gasteiger partial charge in [0.2, 0.25) is 11.8 Å². The molecule has 1 aromatic carbocycles. The highest BCUT2D eigenvalue weighted by atomic mass is 16.5. The Morgan fingerprint density at radius 1 is 1.17 bits per heavy atom. The van der Waals surface area contributed by atoms with E-state index < -0.39 is 0 Å². The first-order valence-electron chi connectivity index (χ1n) is 8.67. The lowest BCUT2D eigenvalue weighted by Crippen LogP contribution is -2.46. The lowest BCUT2D eigenvalue weighted by molar-refractivity contribution is -0.125. The fourth-order valence-corrected chi connectivity index (χ4v) is 3.70. The minimum atomic E-state index is -0.383. The molecule has 0 spiro atoms. The van der Waals surface area contributed by atoms with Crippen molar-refractivity contribution in [2.75, 3.05) is 19.7 Å². The smallest absolute Gasteiger partial charge is 0.234 e. The van der Waals surface area contributed by atoms with Gasteiger partial charge >= 0.3 is 0 Å². The Hall–Kier alpha value is -2.08. The molecule has 6 heteroatoms. The number of primary amides is 1. The van der Waals surface area contributed by atoms with Crippen molar-refractivity contribution in [3.63, 3.8) is 0 Å². The van der Waals surface area contributed by atoms with Gasteiger partial charge in [0.1, 0.15) is 5.75 Å². The normalized spacial score (nSPS) is 20.5. The largest absolute Gasteiger partial charge is 0.493 e. The molecule has 1 aliphatic heterocycles. The van der Waals surface area contributed by atoms with Crippen LogP contribution in [0.4, 0.5) is 0 Å². The number of rotatable bonds is 6. The highest BCUT2D eigenvalue weighted by Gasteiger charge is 2.27. The van der Waals surface area contributed by atoms with E-state index in [9.17, 15) is 9.59 Å². The number of carbonyl (C=O) groups excluding carboxylic acids is 2. The van der Waals surface area contributed by atoms with Crippen molar-refractivity contribution in [2.45, 2.75) is 44.2 Å². The van der Waals surface area contributed by atoms with Crippen LogP contribution in [0.5, 0.6) is 5.75 Å². The van der Waals surface area contributed by atoms with Gasteiger partial charge in [0, 0.05) is 18.0 Å². The van der Waals surface area contributed by atoms with Gasteiger partial charge in [0.05, 0.1) is 25.7 Å². The van der Waals surface area contributed by atoms with Gasteiger partial charge in [-0.2, -0.15) is 0 Å². The van der Waals surface area contributed by atoms with Gasteiger partial charge in [-0.05, 0) is 18.9 Å². The summed E-state index contributed by atoms with van der Waals surface area (Å²) >= 11 is 0. The maximum absolute atomic E-state index is 12.5. The molecular formula is C18H25N3O3. The number of fused-ring (bicyclic) bond motifs is 1. The Balaban J connectivity index is 1.62. The molecule has 130 valence electrons. The summed E-state index contributed by atoms with van der Waals surface area (Å²) in [6, 6.07) is 8.03. The Kier molecular flexibility index (Phi) is 5.35. The molecule has 1 fully saturated rings. The van der Waals surface area contributed by atoms with Crippen molar-refractivity contribution >= 4 is 11.8 Å². The second-order valence-corrected chi connectivity index (χ2v) is 6.60. The third-order valence-electron chi connectivity index (χ3n) is 4.84. The lowest BCUT2D eigenvalue weighted by atomic mass is 10.0. The summed E-state index contributed by atoms with van der Waals surface area (Å²) in [4.78, 5) is 25.8. The zero-order valence-electron chi connectivity index (χ0n) is 13.9. The summed E-state index contributed by atoms with van der Waals surface area (Å²) < 4.78 is 5.63. The van der Waals surface area contributed by atoms with Crippen molar-refractivity contribution in [3.8, 4) is 5.75 Å². The third-order valence-corrected chi connectivity index (χ3v) is 4.84. The zero-order chi connectivity index (χ0) is 16.9. The molecule has 1 saturated carbocycles. The quantitative estimate of drug-likeness (QED) is 0.824. The van der Waals surface area contributed by atoms with Crippen LogP contribution in [0.25, 0.3) is 0 Å². The van der Waals surface area contributed by atoms with Crippen molar-refractivity contribution in [1.82, 2.24) is 10.2 Å². The molecule has 1 heterocycles. The standard InChI is InChI=1S/C18H25N3O3/c19-17(22)11-21(13-5-1-2-6-13)12-18(23)20-15-9-10-24-16-8-4-3-7-14(15)16/h3-4,7-8,13,15H,1-2,5-6,9-12H2,(H2,19,22)(H,20,23)/t15-/m0/s1. The molecule has 24 heavy (non-hydrogen) atoms. The molecule has 0 bridgehead atoms. The summed E-state index contributed by atoms with van der Waals surface area (Å²) in [7, 11) is 0. The Morgan fingerprint density at radius 2 is 1.92 bits per heavy atom. The number of nitrogens with zero attached hydrogens (tertiary/aromatic N) is 1. The van der Waals surface area contributed by atoms with E-state index in [1.54, 1.807) is 0 Å². The van der Waals surface area contributed by atoms with Crippen molar-refractivity contribution in [3.05, 3.63) is 29.8 Å². The van der Waals surface area contributed by atoms with Crippen molar-refractivity contribution in [2.24, 2.45) is 5.73 Å². The Bertz CT molecular complexity index is 599. The predicted molar refractivity (Wildman–Crippen MR) is 90.5 cm³/mol. The number of nitrogens with one attached hydrogen (secondary N) is 1. The molecule has 0 radical (unpaired) electrons. The second-order valence-electron chi connectivity index (χ2n) is 6.60. The Morgan fingerprint density at radius 3 is 2.67 bits per heavy atom. The van der Waals surface area contributed by atoms with Crippen molar-refractivity contribution < 1.29 is 14.3 Å². The van der Waals surface area contributed by atoms with Gasteiger partial charge < -0.3 is 15.8 Å². The molecule has 2 aliphatic rings. The van der Waals surface area contributed by atoms with E-state index in [4.69, 9.17) is 10.5 Å². The Labute approximate surface area is 142 Å². The molecule has 3 rings (SSSR count). The van der Waals surface area contributed by atoms with Gasteiger partial charge in [0.25, 0.3) is 0 Å². The minimum Gasteiger partial charge on any atom is -0.493 e. The van der Waals surface area contributed by atoms with Crippen LogP contribution in [0.3, 0.4) is 0 Å². The van der Waals surface area contributed by atoms with Gasteiger partial charge in [-0.25, -0.2) is 0 Å². The van der Waals surface area contributed by atoms with Gasteiger partial charge in [-0.3, -0.25) is 14.5 Å². The summed E-state index contributed by atoms with van der Waals surface area (Å²) in [5.41, 5.74) is 6.37. The fourth-order valence-electron chi connectivity index (χ4n) is 3.70. The highest BCUT2D eigenvalue weighted by molar-refractivity contribution is 5.80. The number of ether oxygens (including phenoxy) is 1. The average molecular weight is 331 g/mol. The molecule has 6 nitrogen and oxygen atoms in total. The number of carbonyl (C=O) groups is 2. The van der Waals surface area contributed by atoms with Crippen molar-refractivity contribution in [1.29, 1.82) is 0 Å². The van der Waals surface area contributed by atoms with E-state index in [0.717, 1.165) is 43.4 Å². The van der Waals surface area contributed by atoms with Crippen LogP contribution in [-0.4, -0.2) is 42.5 Å². The van der Waals surface area contributed by atoms with Crippen LogP contribution in [-0.2, 0) is 9.59 Å². The zero-order valence-corrected chi connectivity index (χ0v) is 13.9. The number of hydrogen-bond acceptors (Lipinski definition) is 4. The molecule has 1 aromatic rings. The molecule has 0 saturated heterocycles. The first kappa shape index (κ1) is 16.8. The van der Waals surface area contributed by atoms with Crippen LogP contribution < -0.4 is 15.8 Å². The summed E-state index contributed by atoms with van der Waals surface area (Å²) in [6.45, 7) is 0.950.